The van der Waals surface area contributed by atoms with Gasteiger partial charge in [0.2, 0.25) is 0 Å². The fourth-order valence-corrected chi connectivity index (χ4v) is 2.70. The molecule has 3 N–H and O–H groups in total. The third-order valence-electron chi connectivity index (χ3n) is 3.30. The number of carbonyl (C=O) groups excluding carboxylic acids is 1. The highest BCUT2D eigenvalue weighted by atomic mass is 32.1. The lowest BCUT2D eigenvalue weighted by atomic mass is 10.1. The molecule has 0 aliphatic heterocycles. The minimum atomic E-state index is 0.00440. The van der Waals surface area contributed by atoms with Crippen molar-refractivity contribution in [2.75, 3.05) is 17.6 Å². The Morgan fingerprint density at radius 3 is 2.76 bits per heavy atom. The minimum absolute atomic E-state index is 0.00440. The van der Waals surface area contributed by atoms with Gasteiger partial charge >= 0.3 is 0 Å². The third kappa shape index (κ3) is 2.80. The van der Waals surface area contributed by atoms with Crippen LogP contribution in [0.5, 0.6) is 0 Å². The van der Waals surface area contributed by atoms with Crippen molar-refractivity contribution in [3.63, 3.8) is 0 Å². The summed E-state index contributed by atoms with van der Waals surface area (Å²) < 4.78 is 0. The number of Topliss-reactive ketones (excluding diaryl/α,β-unsaturated/α-hetero) is 1. The lowest BCUT2D eigenvalue weighted by molar-refractivity contribution is 0.0944. The molecule has 0 saturated heterocycles. The lowest BCUT2D eigenvalue weighted by Crippen LogP contribution is -2.10. The molecule has 1 aromatic rings. The number of nitrogens with two attached hydrogens (primary N) is 1. The normalized spacial score (nSPS) is 17.2. The third-order valence-corrected chi connectivity index (χ3v) is 4.43. The Hall–Kier alpha value is -1.03. The van der Waals surface area contributed by atoms with Crippen LogP contribution in [-0.4, -0.2) is 12.3 Å². The molecule has 1 saturated carbocycles. The van der Waals surface area contributed by atoms with Gasteiger partial charge in [0.05, 0.1) is 15.6 Å². The summed E-state index contributed by atoms with van der Waals surface area (Å²) >= 11 is 1.48. The first-order valence-electron chi connectivity index (χ1n) is 6.09. The first kappa shape index (κ1) is 12.4. The van der Waals surface area contributed by atoms with Crippen LogP contribution in [0, 0.1) is 11.3 Å². The largest absolute Gasteiger partial charge is 0.397 e. The number of carbonyl (C=O) groups is 1. The van der Waals surface area contributed by atoms with E-state index < -0.39 is 0 Å². The summed E-state index contributed by atoms with van der Waals surface area (Å²) in [4.78, 5) is 12.6. The molecule has 0 amide bonds. The molecule has 1 heterocycles. The van der Waals surface area contributed by atoms with Crippen molar-refractivity contribution >= 4 is 27.8 Å². The summed E-state index contributed by atoms with van der Waals surface area (Å²) in [5.74, 6) is 0.142. The van der Waals surface area contributed by atoms with Crippen molar-refractivity contribution in [3.05, 3.63) is 10.9 Å². The van der Waals surface area contributed by atoms with Gasteiger partial charge < -0.3 is 11.1 Å². The number of thiophene rings is 1. The number of hydrogen-bond donors (Lipinski definition) is 2. The second-order valence-corrected chi connectivity index (χ2v) is 6.63. The number of nitrogen functional groups attached to an aromatic ring is 1. The Bertz CT molecular complexity index is 433. The van der Waals surface area contributed by atoms with E-state index in [1.165, 1.54) is 24.2 Å². The molecule has 0 unspecified atom stereocenters. The van der Waals surface area contributed by atoms with Crippen molar-refractivity contribution in [1.29, 1.82) is 0 Å². The van der Waals surface area contributed by atoms with E-state index in [4.69, 9.17) is 5.73 Å². The molecule has 17 heavy (non-hydrogen) atoms. The maximum Gasteiger partial charge on any atom is 0.177 e. The molecule has 1 aromatic heterocycles. The van der Waals surface area contributed by atoms with Gasteiger partial charge in [-0.3, -0.25) is 4.79 Å². The Labute approximate surface area is 106 Å². The molecule has 1 aliphatic carbocycles. The van der Waals surface area contributed by atoms with Gasteiger partial charge in [0.1, 0.15) is 0 Å². The second kappa shape index (κ2) is 4.33. The highest BCUT2D eigenvalue weighted by Crippen LogP contribution is 2.45. The van der Waals surface area contributed by atoms with Gasteiger partial charge in [0, 0.05) is 12.5 Å². The molecular formula is C13H20N2OS. The Morgan fingerprint density at radius 1 is 1.59 bits per heavy atom. The monoisotopic (exact) mass is 252 g/mol. The summed E-state index contributed by atoms with van der Waals surface area (Å²) in [7, 11) is 0. The zero-order valence-electron chi connectivity index (χ0n) is 10.7. The SMILES string of the molecule is CC(C)C(=O)c1sc(NCC2(C)CC2)cc1N. The molecule has 3 nitrogen and oxygen atoms in total. The van der Waals surface area contributed by atoms with Crippen LogP contribution in [0.15, 0.2) is 6.07 Å². The predicted octanol–water partition coefficient (Wildman–Crippen LogP) is 3.38. The molecule has 94 valence electrons. The van der Waals surface area contributed by atoms with E-state index >= 15 is 0 Å². The molecule has 0 spiro atoms. The van der Waals surface area contributed by atoms with Gasteiger partial charge in [-0.25, -0.2) is 0 Å². The van der Waals surface area contributed by atoms with Crippen molar-refractivity contribution in [2.24, 2.45) is 11.3 Å². The van der Waals surface area contributed by atoms with E-state index in [9.17, 15) is 4.79 Å². The van der Waals surface area contributed by atoms with E-state index in [0.29, 0.717) is 16.0 Å². The molecule has 2 rings (SSSR count). The van der Waals surface area contributed by atoms with Gasteiger partial charge in [-0.15, -0.1) is 11.3 Å². The number of ketones is 1. The highest BCUT2D eigenvalue weighted by molar-refractivity contribution is 7.18. The number of nitrogens with one attached hydrogen (secondary N) is 1. The first-order chi connectivity index (χ1) is 7.91. The van der Waals surface area contributed by atoms with Crippen molar-refractivity contribution in [3.8, 4) is 0 Å². The van der Waals surface area contributed by atoms with Crippen molar-refractivity contribution in [1.82, 2.24) is 0 Å². The Kier molecular flexibility index (Phi) is 3.17. The quantitative estimate of drug-likeness (QED) is 0.790. The molecule has 0 aromatic carbocycles. The fourth-order valence-electron chi connectivity index (χ4n) is 1.64. The molecule has 0 radical (unpaired) electrons. The van der Waals surface area contributed by atoms with Crippen LogP contribution < -0.4 is 11.1 Å². The van der Waals surface area contributed by atoms with Gasteiger partial charge in [-0.05, 0) is 24.3 Å². The number of hydrogen-bond acceptors (Lipinski definition) is 4. The predicted molar refractivity (Wildman–Crippen MR) is 73.7 cm³/mol. The molecule has 1 aliphatic rings. The number of anilines is 2. The maximum absolute atomic E-state index is 11.9. The highest BCUT2D eigenvalue weighted by Gasteiger charge is 2.36. The smallest absolute Gasteiger partial charge is 0.177 e. The van der Waals surface area contributed by atoms with E-state index in [1.54, 1.807) is 0 Å². The van der Waals surface area contributed by atoms with Crippen LogP contribution in [0.4, 0.5) is 10.7 Å². The van der Waals surface area contributed by atoms with Crippen molar-refractivity contribution < 1.29 is 4.79 Å². The Balaban J connectivity index is 2.05. The van der Waals surface area contributed by atoms with Gasteiger partial charge in [-0.2, -0.15) is 0 Å². The summed E-state index contributed by atoms with van der Waals surface area (Å²) in [5.41, 5.74) is 6.95. The van der Waals surface area contributed by atoms with Crippen LogP contribution in [-0.2, 0) is 0 Å². The van der Waals surface area contributed by atoms with Crippen LogP contribution in [0.2, 0.25) is 0 Å². The first-order valence-corrected chi connectivity index (χ1v) is 6.90. The van der Waals surface area contributed by atoms with E-state index in [2.05, 4.69) is 12.2 Å². The maximum atomic E-state index is 11.9. The molecule has 0 atom stereocenters. The molecule has 1 fully saturated rings. The van der Waals surface area contributed by atoms with Crippen molar-refractivity contribution in [2.45, 2.75) is 33.6 Å². The van der Waals surface area contributed by atoms with Crippen LogP contribution >= 0.6 is 11.3 Å². The topological polar surface area (TPSA) is 55.1 Å². The van der Waals surface area contributed by atoms with E-state index in [-0.39, 0.29) is 11.7 Å². The molecule has 0 bridgehead atoms. The van der Waals surface area contributed by atoms with Crippen LogP contribution in [0.25, 0.3) is 0 Å². The average molecular weight is 252 g/mol. The van der Waals surface area contributed by atoms with Crippen LogP contribution in [0.1, 0.15) is 43.3 Å². The molecule has 4 heteroatoms. The summed E-state index contributed by atoms with van der Waals surface area (Å²) in [6.45, 7) is 7.05. The van der Waals surface area contributed by atoms with E-state index in [1.807, 2.05) is 19.9 Å². The Morgan fingerprint density at radius 2 is 2.24 bits per heavy atom. The summed E-state index contributed by atoms with van der Waals surface area (Å²) in [6, 6.07) is 1.88. The zero-order valence-corrected chi connectivity index (χ0v) is 11.5. The summed E-state index contributed by atoms with van der Waals surface area (Å²) in [5, 5.41) is 4.40. The number of rotatable bonds is 5. The minimum Gasteiger partial charge on any atom is -0.397 e. The fraction of sp³-hybridized carbons (Fsp3) is 0.615. The van der Waals surface area contributed by atoms with Gasteiger partial charge in [0.25, 0.3) is 0 Å². The standard InChI is InChI=1S/C13H20N2OS/c1-8(2)11(16)12-9(14)6-10(17-12)15-7-13(3)4-5-13/h6,8,15H,4-5,7,14H2,1-3H3. The second-order valence-electron chi connectivity index (χ2n) is 5.58. The van der Waals surface area contributed by atoms with E-state index in [0.717, 1.165) is 11.5 Å². The zero-order chi connectivity index (χ0) is 12.6. The van der Waals surface area contributed by atoms with Gasteiger partial charge in [-0.1, -0.05) is 20.8 Å². The lowest BCUT2D eigenvalue weighted by Gasteiger charge is -2.08. The average Bonchev–Trinajstić information content (AvgIpc) is 2.87. The van der Waals surface area contributed by atoms with Gasteiger partial charge in [0.15, 0.2) is 5.78 Å². The molecular weight excluding hydrogens is 232 g/mol. The summed E-state index contributed by atoms with van der Waals surface area (Å²) in [6.07, 6.45) is 2.58. The van der Waals surface area contributed by atoms with Crippen LogP contribution in [0.3, 0.4) is 0 Å².